The maximum Gasteiger partial charge on any atom is 0.311 e. The van der Waals surface area contributed by atoms with Gasteiger partial charge in [0, 0.05) is 17.3 Å². The van der Waals surface area contributed by atoms with Gasteiger partial charge in [0.1, 0.15) is 0 Å². The molecule has 0 aromatic carbocycles. The predicted octanol–water partition coefficient (Wildman–Crippen LogP) is 5.67. The average molecular weight is 457 g/mol. The van der Waals surface area contributed by atoms with Crippen LogP contribution in [-0.2, 0) is 9.53 Å². The topological polar surface area (TPSA) is 91.5 Å². The van der Waals surface area contributed by atoms with Gasteiger partial charge in [-0.05, 0) is 81.0 Å². The Morgan fingerprint density at radius 3 is 2.42 bits per heavy atom. The molecule has 0 aromatic heterocycles. The molecular formula is C27H40N2O4. The van der Waals surface area contributed by atoms with Gasteiger partial charge >= 0.3 is 5.97 Å². The smallest absolute Gasteiger partial charge is 0.311 e. The van der Waals surface area contributed by atoms with Crippen LogP contribution in [0.15, 0.2) is 22.0 Å². The molecule has 6 nitrogen and oxygen atoms in total. The van der Waals surface area contributed by atoms with Gasteiger partial charge in [-0.3, -0.25) is 4.79 Å². The van der Waals surface area contributed by atoms with Crippen LogP contribution in [0.2, 0.25) is 0 Å². The third-order valence-electron chi connectivity index (χ3n) is 11.0. The minimum atomic E-state index is -0.442. The molecule has 6 rings (SSSR count). The van der Waals surface area contributed by atoms with Crippen LogP contribution in [0.3, 0.4) is 0 Å². The highest BCUT2D eigenvalue weighted by Gasteiger charge is 2.70. The number of fused-ring (bicyclic) bond motifs is 1. The van der Waals surface area contributed by atoms with Crippen molar-refractivity contribution in [3.63, 3.8) is 0 Å². The van der Waals surface area contributed by atoms with E-state index in [1.807, 2.05) is 0 Å². The molecule has 0 radical (unpaired) electrons. The second kappa shape index (κ2) is 7.58. The van der Waals surface area contributed by atoms with Gasteiger partial charge in [0.05, 0.1) is 23.9 Å². The van der Waals surface area contributed by atoms with Crippen molar-refractivity contribution in [2.75, 3.05) is 7.11 Å². The van der Waals surface area contributed by atoms with Crippen LogP contribution in [0.5, 0.6) is 0 Å². The number of nitrogens with zero attached hydrogens (tertiary/aromatic N) is 2. The van der Waals surface area contributed by atoms with E-state index in [9.17, 15) is 15.2 Å². The van der Waals surface area contributed by atoms with Gasteiger partial charge in [0.2, 0.25) is 0 Å². The van der Waals surface area contributed by atoms with Gasteiger partial charge in [0.15, 0.2) is 0 Å². The lowest BCUT2D eigenvalue weighted by atomic mass is 9.33. The molecular weight excluding hydrogens is 416 g/mol. The summed E-state index contributed by atoms with van der Waals surface area (Å²) >= 11 is 0. The van der Waals surface area contributed by atoms with Gasteiger partial charge in [-0.2, -0.15) is 0 Å². The van der Waals surface area contributed by atoms with Crippen molar-refractivity contribution in [2.24, 2.45) is 62.1 Å². The summed E-state index contributed by atoms with van der Waals surface area (Å²) < 4.78 is 5.33. The second-order valence-corrected chi connectivity index (χ2v) is 12.4. The van der Waals surface area contributed by atoms with Crippen LogP contribution in [0.4, 0.5) is 0 Å². The lowest BCUT2D eigenvalue weighted by Crippen LogP contribution is -2.67. The molecule has 0 aliphatic heterocycles. The van der Waals surface area contributed by atoms with E-state index in [-0.39, 0.29) is 28.6 Å². The SMILES string of the molecule is COC(=O)[C@]1(C)CCC[C@]2(C)C3C[C@H]4C(C(C)C)=C[C@]3(CCC21)C1/C(=N/O)CC/C(=N\O)C14. The van der Waals surface area contributed by atoms with E-state index in [0.29, 0.717) is 36.5 Å². The molecule has 6 aliphatic rings. The third kappa shape index (κ3) is 2.81. The Morgan fingerprint density at radius 2 is 1.79 bits per heavy atom. The minimum absolute atomic E-state index is 0.0240. The number of hydrogen-bond donors (Lipinski definition) is 2. The van der Waals surface area contributed by atoms with Crippen LogP contribution in [-0.4, -0.2) is 34.9 Å². The first kappa shape index (κ1) is 22.9. The average Bonchev–Trinajstić information content (AvgIpc) is 2.82. The Hall–Kier alpha value is -1.85. The van der Waals surface area contributed by atoms with Crippen molar-refractivity contribution in [3.05, 3.63) is 11.6 Å². The van der Waals surface area contributed by atoms with Crippen LogP contribution < -0.4 is 0 Å². The fourth-order valence-corrected chi connectivity index (χ4v) is 9.83. The quantitative estimate of drug-likeness (QED) is 0.242. The Kier molecular flexibility index (Phi) is 5.26. The van der Waals surface area contributed by atoms with Crippen molar-refractivity contribution in [1.29, 1.82) is 0 Å². The number of carbonyl (C=O) groups is 1. The van der Waals surface area contributed by atoms with Crippen molar-refractivity contribution in [2.45, 2.75) is 79.1 Å². The first-order valence-corrected chi connectivity index (χ1v) is 12.9. The molecule has 4 fully saturated rings. The van der Waals surface area contributed by atoms with Crippen LogP contribution >= 0.6 is 0 Å². The Labute approximate surface area is 197 Å². The fraction of sp³-hybridized carbons (Fsp3) is 0.815. The number of carbonyl (C=O) groups excluding carboxylic acids is 1. The summed E-state index contributed by atoms with van der Waals surface area (Å²) in [5, 5.41) is 27.7. The molecule has 33 heavy (non-hydrogen) atoms. The molecule has 2 N–H and O–H groups in total. The minimum Gasteiger partial charge on any atom is -0.469 e. The van der Waals surface area contributed by atoms with E-state index in [1.54, 1.807) is 0 Å². The number of allylic oxidation sites excluding steroid dienone is 2. The molecule has 1 spiro atoms. The van der Waals surface area contributed by atoms with Crippen LogP contribution in [0.25, 0.3) is 0 Å². The van der Waals surface area contributed by atoms with Crippen molar-refractivity contribution in [1.82, 2.24) is 0 Å². The van der Waals surface area contributed by atoms with Crippen LogP contribution in [0, 0.1) is 51.8 Å². The first-order valence-electron chi connectivity index (χ1n) is 12.9. The summed E-state index contributed by atoms with van der Waals surface area (Å²) in [5.41, 5.74) is 2.72. The number of hydrogen-bond acceptors (Lipinski definition) is 6. The van der Waals surface area contributed by atoms with E-state index in [1.165, 1.54) is 12.7 Å². The van der Waals surface area contributed by atoms with Crippen molar-refractivity contribution < 1.29 is 19.9 Å². The highest BCUT2D eigenvalue weighted by atomic mass is 16.5. The fourth-order valence-electron chi connectivity index (χ4n) is 9.83. The standard InChI is InChI=1S/C27H40N2O4/c1-15(2)17-14-27-12-9-20-25(3,10-6-11-26(20,4)24(30)33-5)21(27)13-16(17)22-18(28-31)7-8-19(29-32)23(22)27/h14-16,20-23,31-32H,6-13H2,1-5H3/b28-18+,29-19+/t16-,20?,21?,22?,23?,25-,26+,27-/m0/s1. The molecule has 182 valence electrons. The number of esters is 1. The summed E-state index contributed by atoms with van der Waals surface area (Å²) in [5.74, 6) is 1.57. The number of rotatable bonds is 2. The summed E-state index contributed by atoms with van der Waals surface area (Å²) in [6.45, 7) is 9.11. The third-order valence-corrected chi connectivity index (χ3v) is 11.0. The zero-order chi connectivity index (χ0) is 23.8. The van der Waals surface area contributed by atoms with Crippen molar-refractivity contribution >= 4 is 17.4 Å². The maximum absolute atomic E-state index is 13.0. The zero-order valence-corrected chi connectivity index (χ0v) is 20.8. The second-order valence-electron chi connectivity index (χ2n) is 12.4. The highest BCUT2D eigenvalue weighted by Crippen LogP contribution is 2.74. The number of oxime groups is 2. The molecule has 4 saturated carbocycles. The van der Waals surface area contributed by atoms with Gasteiger partial charge < -0.3 is 15.2 Å². The summed E-state index contributed by atoms with van der Waals surface area (Å²) in [7, 11) is 1.52. The molecule has 0 heterocycles. The Balaban J connectivity index is 1.68. The summed E-state index contributed by atoms with van der Waals surface area (Å²) in [4.78, 5) is 13.0. The first-order chi connectivity index (χ1) is 15.7. The van der Waals surface area contributed by atoms with Crippen LogP contribution in [0.1, 0.15) is 79.1 Å². The zero-order valence-electron chi connectivity index (χ0n) is 20.8. The normalized spacial score (nSPS) is 48.8. The maximum atomic E-state index is 13.0. The largest absolute Gasteiger partial charge is 0.469 e. The summed E-state index contributed by atoms with van der Waals surface area (Å²) in [6, 6.07) is 0. The predicted molar refractivity (Wildman–Crippen MR) is 126 cm³/mol. The Morgan fingerprint density at radius 1 is 1.09 bits per heavy atom. The van der Waals surface area contributed by atoms with Crippen molar-refractivity contribution in [3.8, 4) is 0 Å². The monoisotopic (exact) mass is 456 g/mol. The molecule has 0 amide bonds. The van der Waals surface area contributed by atoms with E-state index in [2.05, 4.69) is 44.1 Å². The van der Waals surface area contributed by atoms with E-state index < -0.39 is 5.41 Å². The lowest BCUT2D eigenvalue weighted by molar-refractivity contribution is -0.190. The lowest BCUT2D eigenvalue weighted by Gasteiger charge is -2.70. The number of methoxy groups -OCH3 is 1. The molecule has 6 aliphatic carbocycles. The molecule has 4 unspecified atom stereocenters. The molecule has 8 atom stereocenters. The molecule has 6 heteroatoms. The molecule has 0 saturated heterocycles. The number of ether oxygens (including phenoxy) is 1. The summed E-state index contributed by atoms with van der Waals surface area (Å²) in [6.07, 6.45) is 9.97. The van der Waals surface area contributed by atoms with E-state index in [0.717, 1.165) is 49.9 Å². The van der Waals surface area contributed by atoms with E-state index in [4.69, 9.17) is 4.74 Å². The van der Waals surface area contributed by atoms with Gasteiger partial charge in [-0.15, -0.1) is 0 Å². The van der Waals surface area contributed by atoms with E-state index >= 15 is 0 Å². The Bertz CT molecular complexity index is 938. The highest BCUT2D eigenvalue weighted by molar-refractivity contribution is 6.02. The molecule has 2 bridgehead atoms. The molecule has 0 aromatic rings. The van der Waals surface area contributed by atoms with Gasteiger partial charge in [0.25, 0.3) is 0 Å². The van der Waals surface area contributed by atoms with Gasteiger partial charge in [-0.1, -0.05) is 49.2 Å². The van der Waals surface area contributed by atoms with Gasteiger partial charge in [-0.25, -0.2) is 0 Å².